The average molecular weight is 328 g/mol. The van der Waals surface area contributed by atoms with E-state index in [0.29, 0.717) is 35.2 Å². The molecule has 0 amide bonds. The van der Waals surface area contributed by atoms with Crippen molar-refractivity contribution in [3.8, 4) is 40.1 Å². The first-order valence-corrected chi connectivity index (χ1v) is 7.38. The third kappa shape index (κ3) is 1.89. The number of ether oxygens (including phenoxy) is 4. The van der Waals surface area contributed by atoms with Gasteiger partial charge in [-0.3, -0.25) is 0 Å². The van der Waals surface area contributed by atoms with Gasteiger partial charge in [0.2, 0.25) is 11.5 Å². The molecule has 0 bridgehead atoms. The summed E-state index contributed by atoms with van der Waals surface area (Å²) in [6.45, 7) is 0.331. The fourth-order valence-electron chi connectivity index (χ4n) is 3.02. The minimum absolute atomic E-state index is 0.0867. The lowest BCUT2D eigenvalue weighted by Gasteiger charge is -2.17. The van der Waals surface area contributed by atoms with Gasteiger partial charge in [-0.15, -0.1) is 0 Å². The standard InChI is InChI=1S/C18H16O6/c1-20-9-4-5-10-13(6-9)23-8-12-11-7-14(21-2)18(22-3)15(19)17(11)24-16(10)12/h4-7,19H,8H2,1-3H3. The summed E-state index contributed by atoms with van der Waals surface area (Å²) >= 11 is 0. The van der Waals surface area contributed by atoms with Crippen molar-refractivity contribution in [2.75, 3.05) is 21.3 Å². The predicted octanol–water partition coefficient (Wildman–Crippen LogP) is 3.72. The number of phenols is 1. The quantitative estimate of drug-likeness (QED) is 0.790. The second kappa shape index (κ2) is 5.26. The van der Waals surface area contributed by atoms with Gasteiger partial charge in [0.15, 0.2) is 11.3 Å². The van der Waals surface area contributed by atoms with Gasteiger partial charge in [-0.1, -0.05) is 0 Å². The summed E-state index contributed by atoms with van der Waals surface area (Å²) in [6, 6.07) is 7.31. The van der Waals surface area contributed by atoms with E-state index in [-0.39, 0.29) is 11.5 Å². The molecule has 0 saturated carbocycles. The molecule has 2 heterocycles. The first-order valence-electron chi connectivity index (χ1n) is 7.38. The van der Waals surface area contributed by atoms with Gasteiger partial charge in [0, 0.05) is 17.0 Å². The Morgan fingerprint density at radius 1 is 1.04 bits per heavy atom. The highest BCUT2D eigenvalue weighted by atomic mass is 16.5. The Morgan fingerprint density at radius 3 is 2.58 bits per heavy atom. The van der Waals surface area contributed by atoms with E-state index in [0.717, 1.165) is 16.5 Å². The van der Waals surface area contributed by atoms with Crippen molar-refractivity contribution in [1.82, 2.24) is 0 Å². The van der Waals surface area contributed by atoms with Crippen LogP contribution in [0.2, 0.25) is 0 Å². The molecule has 1 N–H and O–H groups in total. The van der Waals surface area contributed by atoms with Crippen LogP contribution in [0.25, 0.3) is 22.3 Å². The number of rotatable bonds is 3. The van der Waals surface area contributed by atoms with Crippen LogP contribution in [-0.2, 0) is 6.61 Å². The zero-order chi connectivity index (χ0) is 16.8. The van der Waals surface area contributed by atoms with E-state index in [1.54, 1.807) is 13.2 Å². The topological polar surface area (TPSA) is 70.3 Å². The molecule has 0 aliphatic carbocycles. The Kier molecular flexibility index (Phi) is 3.19. The van der Waals surface area contributed by atoms with Gasteiger partial charge in [0.1, 0.15) is 23.9 Å². The Morgan fingerprint density at radius 2 is 1.88 bits per heavy atom. The van der Waals surface area contributed by atoms with Gasteiger partial charge in [-0.25, -0.2) is 0 Å². The first kappa shape index (κ1) is 14.6. The Balaban J connectivity index is 1.99. The van der Waals surface area contributed by atoms with E-state index in [9.17, 15) is 5.11 Å². The molecule has 4 rings (SSSR count). The molecule has 0 atom stereocenters. The summed E-state index contributed by atoms with van der Waals surface area (Å²) in [7, 11) is 4.60. The van der Waals surface area contributed by atoms with Crippen LogP contribution in [0.4, 0.5) is 0 Å². The Hall–Kier alpha value is -3.02. The molecule has 6 nitrogen and oxygen atoms in total. The van der Waals surface area contributed by atoms with Gasteiger partial charge in [0.25, 0.3) is 0 Å². The second-order valence-corrected chi connectivity index (χ2v) is 5.40. The summed E-state index contributed by atoms with van der Waals surface area (Å²) in [5.74, 6) is 2.65. The summed E-state index contributed by atoms with van der Waals surface area (Å²) in [4.78, 5) is 0. The molecule has 0 spiro atoms. The number of fused-ring (bicyclic) bond motifs is 5. The molecule has 0 fully saturated rings. The molecular formula is C18H16O6. The van der Waals surface area contributed by atoms with Crippen LogP contribution in [0.5, 0.6) is 28.7 Å². The largest absolute Gasteiger partial charge is 0.502 e. The maximum Gasteiger partial charge on any atom is 0.207 e. The molecule has 3 aromatic rings. The van der Waals surface area contributed by atoms with E-state index in [4.69, 9.17) is 23.4 Å². The zero-order valence-electron chi connectivity index (χ0n) is 13.5. The van der Waals surface area contributed by atoms with Crippen molar-refractivity contribution in [1.29, 1.82) is 0 Å². The van der Waals surface area contributed by atoms with E-state index in [2.05, 4.69) is 0 Å². The Labute approximate surface area is 138 Å². The lowest BCUT2D eigenvalue weighted by atomic mass is 10.0. The number of aromatic hydroxyl groups is 1. The summed E-state index contributed by atoms with van der Waals surface area (Å²) in [5, 5.41) is 11.2. The number of furan rings is 1. The maximum atomic E-state index is 10.5. The molecule has 1 aromatic heterocycles. The van der Waals surface area contributed by atoms with Crippen molar-refractivity contribution < 1.29 is 28.5 Å². The third-order valence-electron chi connectivity index (χ3n) is 4.21. The van der Waals surface area contributed by atoms with Crippen molar-refractivity contribution in [2.45, 2.75) is 6.61 Å². The minimum Gasteiger partial charge on any atom is -0.502 e. The molecule has 124 valence electrons. The van der Waals surface area contributed by atoms with E-state index in [1.807, 2.05) is 18.2 Å². The molecule has 6 heteroatoms. The second-order valence-electron chi connectivity index (χ2n) is 5.40. The number of benzene rings is 2. The van der Waals surface area contributed by atoms with Crippen molar-refractivity contribution in [3.63, 3.8) is 0 Å². The van der Waals surface area contributed by atoms with Gasteiger partial charge in [-0.05, 0) is 18.2 Å². The highest BCUT2D eigenvalue weighted by Gasteiger charge is 2.28. The van der Waals surface area contributed by atoms with Crippen LogP contribution < -0.4 is 18.9 Å². The number of hydrogen-bond donors (Lipinski definition) is 1. The minimum atomic E-state index is -0.0867. The maximum absolute atomic E-state index is 10.5. The molecule has 24 heavy (non-hydrogen) atoms. The van der Waals surface area contributed by atoms with Gasteiger partial charge in [-0.2, -0.15) is 0 Å². The summed E-state index contributed by atoms with van der Waals surface area (Å²) < 4.78 is 27.5. The van der Waals surface area contributed by atoms with Crippen molar-refractivity contribution >= 4 is 11.0 Å². The van der Waals surface area contributed by atoms with Crippen LogP contribution in [0.15, 0.2) is 28.7 Å². The highest BCUT2D eigenvalue weighted by Crippen LogP contribution is 2.50. The molecular weight excluding hydrogens is 312 g/mol. The van der Waals surface area contributed by atoms with Crippen LogP contribution in [-0.4, -0.2) is 26.4 Å². The fourth-order valence-corrected chi connectivity index (χ4v) is 3.02. The van der Waals surface area contributed by atoms with Crippen molar-refractivity contribution in [3.05, 3.63) is 29.8 Å². The molecule has 0 unspecified atom stereocenters. The summed E-state index contributed by atoms with van der Waals surface area (Å²) in [6.07, 6.45) is 0. The molecule has 2 aromatic carbocycles. The lowest BCUT2D eigenvalue weighted by molar-refractivity contribution is 0.297. The molecule has 1 aliphatic heterocycles. The van der Waals surface area contributed by atoms with Crippen LogP contribution in [0.1, 0.15) is 5.56 Å². The Bertz CT molecular complexity index is 941. The van der Waals surface area contributed by atoms with Crippen LogP contribution in [0.3, 0.4) is 0 Å². The SMILES string of the molecule is COc1ccc2c(c1)OCc1c-2oc2c(O)c(OC)c(OC)cc12. The molecule has 0 radical (unpaired) electrons. The molecule has 0 saturated heterocycles. The van der Waals surface area contributed by atoms with E-state index in [1.165, 1.54) is 14.2 Å². The fraction of sp³-hybridized carbons (Fsp3) is 0.222. The zero-order valence-corrected chi connectivity index (χ0v) is 13.5. The number of phenolic OH excluding ortho intramolecular Hbond substituents is 1. The number of hydrogen-bond acceptors (Lipinski definition) is 6. The monoisotopic (exact) mass is 328 g/mol. The van der Waals surface area contributed by atoms with Crippen molar-refractivity contribution in [2.24, 2.45) is 0 Å². The summed E-state index contributed by atoms with van der Waals surface area (Å²) in [5.41, 5.74) is 2.02. The van der Waals surface area contributed by atoms with Gasteiger partial charge >= 0.3 is 0 Å². The normalized spacial score (nSPS) is 12.3. The van der Waals surface area contributed by atoms with E-state index >= 15 is 0 Å². The highest BCUT2D eigenvalue weighted by molar-refractivity contribution is 5.96. The number of methoxy groups -OCH3 is 3. The lowest BCUT2D eigenvalue weighted by Crippen LogP contribution is -2.03. The van der Waals surface area contributed by atoms with Crippen LogP contribution >= 0.6 is 0 Å². The predicted molar refractivity (Wildman–Crippen MR) is 87.3 cm³/mol. The van der Waals surface area contributed by atoms with E-state index < -0.39 is 0 Å². The van der Waals surface area contributed by atoms with Gasteiger partial charge in [0.05, 0.1) is 26.9 Å². The smallest absolute Gasteiger partial charge is 0.207 e. The molecule has 1 aliphatic rings. The van der Waals surface area contributed by atoms with Gasteiger partial charge < -0.3 is 28.5 Å². The average Bonchev–Trinajstić information content (AvgIpc) is 3.00. The third-order valence-corrected chi connectivity index (χ3v) is 4.21. The van der Waals surface area contributed by atoms with Crippen LogP contribution in [0, 0.1) is 0 Å². The first-order chi connectivity index (χ1) is 11.7.